The molecule has 0 aliphatic carbocycles. The molecule has 6 heteroatoms. The van der Waals surface area contributed by atoms with Crippen molar-refractivity contribution in [3.8, 4) is 0 Å². The third-order valence-electron chi connectivity index (χ3n) is 3.45. The van der Waals surface area contributed by atoms with Gasteiger partial charge in [-0.15, -0.1) is 0 Å². The van der Waals surface area contributed by atoms with Gasteiger partial charge in [-0.2, -0.15) is 0 Å². The first-order valence-corrected chi connectivity index (χ1v) is 6.31. The number of amides is 1. The third kappa shape index (κ3) is 3.01. The second-order valence-corrected chi connectivity index (χ2v) is 4.75. The molecule has 104 valence electrons. The molecular formula is C13H18FN3O2. The first-order chi connectivity index (χ1) is 9.13. The molecule has 1 fully saturated rings. The number of rotatable bonds is 3. The minimum atomic E-state index is -0.730. The summed E-state index contributed by atoms with van der Waals surface area (Å²) in [5.41, 5.74) is 5.37. The largest absolute Gasteiger partial charge is 0.384 e. The topological polar surface area (TPSA) is 68.5 Å². The van der Waals surface area contributed by atoms with Crippen molar-refractivity contribution in [2.24, 2.45) is 5.92 Å². The normalized spacial score (nSPS) is 16.6. The fourth-order valence-corrected chi connectivity index (χ4v) is 2.33. The Labute approximate surface area is 111 Å². The number of hydrogen-bond acceptors (Lipinski definition) is 4. The highest BCUT2D eigenvalue weighted by Crippen LogP contribution is 2.21. The summed E-state index contributed by atoms with van der Waals surface area (Å²) in [7, 11) is 1.67. The second kappa shape index (κ2) is 5.97. The maximum absolute atomic E-state index is 13.7. The van der Waals surface area contributed by atoms with Gasteiger partial charge in [-0.25, -0.2) is 9.37 Å². The molecule has 0 radical (unpaired) electrons. The average molecular weight is 267 g/mol. The van der Waals surface area contributed by atoms with Gasteiger partial charge >= 0.3 is 0 Å². The lowest BCUT2D eigenvalue weighted by Crippen LogP contribution is -2.39. The van der Waals surface area contributed by atoms with Gasteiger partial charge in [0, 0.05) is 33.0 Å². The number of nitrogens with zero attached hydrogens (tertiary/aromatic N) is 2. The molecular weight excluding hydrogens is 249 g/mol. The highest BCUT2D eigenvalue weighted by molar-refractivity contribution is 5.95. The van der Waals surface area contributed by atoms with Gasteiger partial charge in [0.25, 0.3) is 5.91 Å². The van der Waals surface area contributed by atoms with Crippen molar-refractivity contribution < 1.29 is 13.9 Å². The second-order valence-electron chi connectivity index (χ2n) is 4.75. The lowest BCUT2D eigenvalue weighted by atomic mass is 9.97. The van der Waals surface area contributed by atoms with E-state index < -0.39 is 5.82 Å². The molecule has 2 N–H and O–H groups in total. The average Bonchev–Trinajstić information content (AvgIpc) is 2.42. The molecule has 1 aromatic rings. The Hall–Kier alpha value is -1.69. The van der Waals surface area contributed by atoms with Gasteiger partial charge < -0.3 is 15.4 Å². The van der Waals surface area contributed by atoms with Gasteiger partial charge in [0.2, 0.25) is 0 Å². The predicted molar refractivity (Wildman–Crippen MR) is 69.1 cm³/mol. The van der Waals surface area contributed by atoms with Crippen molar-refractivity contribution >= 4 is 11.7 Å². The van der Waals surface area contributed by atoms with E-state index in [1.54, 1.807) is 12.0 Å². The van der Waals surface area contributed by atoms with Gasteiger partial charge in [0.15, 0.2) is 11.6 Å². The number of nitrogen functional groups attached to an aromatic ring is 1. The van der Waals surface area contributed by atoms with Crippen molar-refractivity contribution in [3.05, 3.63) is 23.6 Å². The molecule has 5 nitrogen and oxygen atoms in total. The van der Waals surface area contributed by atoms with Crippen LogP contribution in [0.5, 0.6) is 0 Å². The van der Waals surface area contributed by atoms with Crippen molar-refractivity contribution in [1.82, 2.24) is 9.88 Å². The number of nitrogens with two attached hydrogens (primary N) is 1. The van der Waals surface area contributed by atoms with Gasteiger partial charge in [-0.1, -0.05) is 0 Å². The molecule has 1 aliphatic rings. The van der Waals surface area contributed by atoms with E-state index >= 15 is 0 Å². The van der Waals surface area contributed by atoms with E-state index in [1.165, 1.54) is 12.3 Å². The molecule has 1 aliphatic heterocycles. The monoisotopic (exact) mass is 267 g/mol. The zero-order valence-electron chi connectivity index (χ0n) is 10.9. The van der Waals surface area contributed by atoms with E-state index in [4.69, 9.17) is 10.5 Å². The van der Waals surface area contributed by atoms with Gasteiger partial charge in [-0.05, 0) is 24.8 Å². The predicted octanol–water partition coefficient (Wildman–Crippen LogP) is 1.30. The van der Waals surface area contributed by atoms with Crippen molar-refractivity contribution in [1.29, 1.82) is 0 Å². The summed E-state index contributed by atoms with van der Waals surface area (Å²) in [4.78, 5) is 17.5. The molecule has 2 rings (SSSR count). The zero-order chi connectivity index (χ0) is 13.8. The molecule has 1 saturated heterocycles. The number of anilines is 1. The highest BCUT2D eigenvalue weighted by Gasteiger charge is 2.25. The van der Waals surface area contributed by atoms with E-state index in [2.05, 4.69) is 4.98 Å². The lowest BCUT2D eigenvalue weighted by Gasteiger charge is -2.31. The number of halogens is 1. The number of carbonyl (C=O) groups is 1. The Morgan fingerprint density at radius 3 is 2.89 bits per heavy atom. The molecule has 1 aromatic heterocycles. The number of piperidine rings is 1. The fraction of sp³-hybridized carbons (Fsp3) is 0.538. The van der Waals surface area contributed by atoms with E-state index in [9.17, 15) is 9.18 Å². The number of carbonyl (C=O) groups excluding carboxylic acids is 1. The smallest absolute Gasteiger partial charge is 0.257 e. The Balaban J connectivity index is 2.03. The number of ether oxygens (including phenoxy) is 1. The van der Waals surface area contributed by atoms with E-state index in [1.807, 2.05) is 0 Å². The van der Waals surface area contributed by atoms with Crippen LogP contribution >= 0.6 is 0 Å². The Morgan fingerprint density at radius 2 is 2.26 bits per heavy atom. The van der Waals surface area contributed by atoms with Crippen LogP contribution in [0, 0.1) is 11.7 Å². The standard InChI is InChI=1S/C13H18FN3O2/c1-19-8-9-3-6-17(7-4-9)13(18)10-2-5-16-12(15)11(10)14/h2,5,9H,3-4,6-8H2,1H3,(H2,15,16). The van der Waals surface area contributed by atoms with Crippen LogP contribution in [0.2, 0.25) is 0 Å². The summed E-state index contributed by atoms with van der Waals surface area (Å²) in [6.07, 6.45) is 3.10. The summed E-state index contributed by atoms with van der Waals surface area (Å²) in [6, 6.07) is 1.37. The number of hydrogen-bond donors (Lipinski definition) is 1. The number of pyridine rings is 1. The Bertz CT molecular complexity index is 459. The van der Waals surface area contributed by atoms with Crippen molar-refractivity contribution in [3.63, 3.8) is 0 Å². The zero-order valence-corrected chi connectivity index (χ0v) is 10.9. The van der Waals surface area contributed by atoms with Gasteiger partial charge in [-0.3, -0.25) is 4.79 Å². The maximum Gasteiger partial charge on any atom is 0.257 e. The molecule has 0 aromatic carbocycles. The summed E-state index contributed by atoms with van der Waals surface area (Å²) in [6.45, 7) is 1.95. The first kappa shape index (κ1) is 13.7. The van der Waals surface area contributed by atoms with Crippen LogP contribution in [-0.4, -0.2) is 42.6 Å². The lowest BCUT2D eigenvalue weighted by molar-refractivity contribution is 0.0609. The van der Waals surface area contributed by atoms with Crippen LogP contribution in [0.15, 0.2) is 12.3 Å². The summed E-state index contributed by atoms with van der Waals surface area (Å²) in [5, 5.41) is 0. The fourth-order valence-electron chi connectivity index (χ4n) is 2.33. The number of likely N-dealkylation sites (tertiary alicyclic amines) is 1. The number of methoxy groups -OCH3 is 1. The minimum Gasteiger partial charge on any atom is -0.384 e. The maximum atomic E-state index is 13.7. The molecule has 0 spiro atoms. The molecule has 0 bridgehead atoms. The first-order valence-electron chi connectivity index (χ1n) is 6.31. The molecule has 19 heavy (non-hydrogen) atoms. The summed E-state index contributed by atoms with van der Waals surface area (Å²) in [5.74, 6) is -0.810. The third-order valence-corrected chi connectivity index (χ3v) is 3.45. The van der Waals surface area contributed by atoms with Crippen LogP contribution in [0.1, 0.15) is 23.2 Å². The molecule has 0 unspecified atom stereocenters. The van der Waals surface area contributed by atoms with E-state index in [0.29, 0.717) is 25.6 Å². The van der Waals surface area contributed by atoms with Crippen molar-refractivity contribution in [2.75, 3.05) is 32.5 Å². The summed E-state index contributed by atoms with van der Waals surface area (Å²) < 4.78 is 18.9. The van der Waals surface area contributed by atoms with Crippen LogP contribution in [-0.2, 0) is 4.74 Å². The molecule has 2 heterocycles. The summed E-state index contributed by atoms with van der Waals surface area (Å²) >= 11 is 0. The minimum absolute atomic E-state index is 0.00214. The van der Waals surface area contributed by atoms with Crippen LogP contribution in [0.25, 0.3) is 0 Å². The Kier molecular flexibility index (Phi) is 4.31. The molecule has 0 atom stereocenters. The van der Waals surface area contributed by atoms with Crippen LogP contribution in [0.4, 0.5) is 10.2 Å². The highest BCUT2D eigenvalue weighted by atomic mass is 19.1. The van der Waals surface area contributed by atoms with E-state index in [-0.39, 0.29) is 17.3 Å². The SMILES string of the molecule is COCC1CCN(C(=O)c2ccnc(N)c2F)CC1. The van der Waals surface area contributed by atoms with Crippen molar-refractivity contribution in [2.45, 2.75) is 12.8 Å². The van der Waals surface area contributed by atoms with Gasteiger partial charge in [0.05, 0.1) is 5.56 Å². The number of aromatic nitrogens is 1. The van der Waals surface area contributed by atoms with E-state index in [0.717, 1.165) is 12.8 Å². The van der Waals surface area contributed by atoms with Gasteiger partial charge in [0.1, 0.15) is 0 Å². The van der Waals surface area contributed by atoms with Crippen LogP contribution < -0.4 is 5.73 Å². The Morgan fingerprint density at radius 1 is 1.58 bits per heavy atom. The van der Waals surface area contributed by atoms with Crippen LogP contribution in [0.3, 0.4) is 0 Å². The molecule has 1 amide bonds. The quantitative estimate of drug-likeness (QED) is 0.896. The molecule has 0 saturated carbocycles.